The van der Waals surface area contributed by atoms with Gasteiger partial charge in [0.25, 0.3) is 0 Å². The molecule has 0 aromatic rings. The summed E-state index contributed by atoms with van der Waals surface area (Å²) >= 11 is 0. The molecule has 0 amide bonds. The van der Waals surface area contributed by atoms with Crippen LogP contribution in [0.4, 0.5) is 0 Å². The summed E-state index contributed by atoms with van der Waals surface area (Å²) in [5.41, 5.74) is 0.983. The number of rotatable bonds is 2. The molecule has 0 aromatic carbocycles. The second-order valence-electron chi connectivity index (χ2n) is 7.90. The van der Waals surface area contributed by atoms with E-state index < -0.39 is 8.24 Å². The van der Waals surface area contributed by atoms with E-state index in [1.165, 1.54) is 0 Å². The third-order valence-electron chi connectivity index (χ3n) is 5.06. The van der Waals surface area contributed by atoms with Crippen molar-refractivity contribution in [1.29, 1.82) is 0 Å². The minimum atomic E-state index is -1.49. The van der Waals surface area contributed by atoms with Gasteiger partial charge in [0, 0.05) is 0 Å². The van der Waals surface area contributed by atoms with Crippen molar-refractivity contribution in [3.8, 4) is 0 Å². The smallest absolute Gasteiger partial charge is 0.660 e. The van der Waals surface area contributed by atoms with E-state index in [2.05, 4.69) is 61.6 Å². The Balaban J connectivity index is -0.000000361. The molecule has 1 fully saturated rings. The Morgan fingerprint density at radius 1 is 0.714 bits per heavy atom. The molecule has 1 nitrogen and oxygen atoms in total. The van der Waals surface area contributed by atoms with Crippen molar-refractivity contribution >= 4 is 8.24 Å². The summed E-state index contributed by atoms with van der Waals surface area (Å²) in [5, 5.41) is 0. The van der Waals surface area contributed by atoms with E-state index in [1.807, 2.05) is 0 Å². The number of hydrogen-bond donors (Lipinski definition) is 0. The maximum Gasteiger partial charge on any atom is 4.00 e. The summed E-state index contributed by atoms with van der Waals surface area (Å²) in [6.45, 7) is 21.5. The van der Waals surface area contributed by atoms with Gasteiger partial charge in [0.2, 0.25) is 0 Å². The predicted molar refractivity (Wildman–Crippen MR) is 100 cm³/mol. The van der Waals surface area contributed by atoms with E-state index in [4.69, 9.17) is 4.98 Å². The van der Waals surface area contributed by atoms with Crippen LogP contribution in [-0.4, -0.2) is 13.8 Å². The van der Waals surface area contributed by atoms with Gasteiger partial charge in [0.1, 0.15) is 0 Å². The zero-order valence-electron chi connectivity index (χ0n) is 16.8. The van der Waals surface area contributed by atoms with E-state index in [0.717, 1.165) is 29.2 Å². The van der Waals surface area contributed by atoms with Crippen molar-refractivity contribution < 1.29 is 21.7 Å². The fourth-order valence-corrected chi connectivity index (χ4v) is 9.37. The molecule has 3 heteroatoms. The van der Waals surface area contributed by atoms with Crippen LogP contribution in [0.5, 0.6) is 0 Å². The Morgan fingerprint density at radius 2 is 1.00 bits per heavy atom. The first-order chi connectivity index (χ1) is 7.47. The molecule has 1 aliphatic rings. The standard InChI is InChI=1S/C15H32NSi.3CH3.Ti/c1-10-11(2)13(4)14(12(10)3)17(8,9)16-15(5,6)7;;;;/h10-14H,1-9H3;3*1H3;/q4*-1;+4/t10-,11?,12-,13?,14?;;;;/m0..../s1. The van der Waals surface area contributed by atoms with E-state index in [0.29, 0.717) is 0 Å². The average molecular weight is 347 g/mol. The van der Waals surface area contributed by atoms with Crippen LogP contribution in [0.15, 0.2) is 0 Å². The summed E-state index contributed by atoms with van der Waals surface area (Å²) in [7, 11) is -1.49. The molecule has 1 rings (SSSR count). The Labute approximate surface area is 153 Å². The SMILES string of the molecule is CC1C(C)[C@H](C)[C@H](C)C1[Si](C)(C)[N-]C(C)(C)C.[CH3-].[CH3-].[CH3-].[Ti+4]. The topological polar surface area (TPSA) is 14.1 Å². The summed E-state index contributed by atoms with van der Waals surface area (Å²) < 4.78 is 0. The van der Waals surface area contributed by atoms with Gasteiger partial charge in [-0.15, -0.1) is 5.54 Å². The molecule has 1 aliphatic carbocycles. The maximum absolute atomic E-state index is 5.23. The Kier molecular flexibility index (Phi) is 14.1. The summed E-state index contributed by atoms with van der Waals surface area (Å²) in [6.07, 6.45) is 0. The van der Waals surface area contributed by atoms with Crippen LogP contribution in [0.3, 0.4) is 0 Å². The van der Waals surface area contributed by atoms with E-state index in [1.54, 1.807) is 0 Å². The molecule has 3 unspecified atom stereocenters. The molecule has 1 saturated carbocycles. The van der Waals surface area contributed by atoms with E-state index in [9.17, 15) is 0 Å². The first kappa shape index (κ1) is 29.8. The quantitative estimate of drug-likeness (QED) is 0.393. The normalized spacial score (nSPS) is 32.1. The van der Waals surface area contributed by atoms with Crippen LogP contribution in [0.2, 0.25) is 18.6 Å². The minimum absolute atomic E-state index is 0. The van der Waals surface area contributed by atoms with Crippen molar-refractivity contribution in [2.24, 2.45) is 23.7 Å². The van der Waals surface area contributed by atoms with Crippen LogP contribution in [0, 0.1) is 46.0 Å². The zero-order valence-corrected chi connectivity index (χ0v) is 19.4. The second-order valence-corrected chi connectivity index (χ2v) is 12.1. The van der Waals surface area contributed by atoms with Gasteiger partial charge in [0.05, 0.1) is 0 Å². The van der Waals surface area contributed by atoms with Gasteiger partial charge in [0.15, 0.2) is 0 Å². The molecule has 5 atom stereocenters. The van der Waals surface area contributed by atoms with E-state index >= 15 is 0 Å². The van der Waals surface area contributed by atoms with Gasteiger partial charge in [-0.25, -0.2) is 0 Å². The van der Waals surface area contributed by atoms with Gasteiger partial charge in [-0.2, -0.15) is 0 Å². The fraction of sp³-hybridized carbons (Fsp3) is 0.833. The predicted octanol–water partition coefficient (Wildman–Crippen LogP) is 6.64. The first-order valence-electron chi connectivity index (χ1n) is 7.21. The van der Waals surface area contributed by atoms with Crippen molar-refractivity contribution in [2.45, 2.75) is 72.6 Å². The van der Waals surface area contributed by atoms with E-state index in [-0.39, 0.29) is 49.5 Å². The van der Waals surface area contributed by atoms with Crippen LogP contribution in [0.1, 0.15) is 48.5 Å². The third-order valence-corrected chi connectivity index (χ3v) is 8.99. The minimum Gasteiger partial charge on any atom is -0.660 e. The summed E-state index contributed by atoms with van der Waals surface area (Å²) in [5.74, 6) is 3.40. The van der Waals surface area contributed by atoms with Crippen LogP contribution < -0.4 is 0 Å². The molecule has 0 aliphatic heterocycles. The average Bonchev–Trinajstić information content (AvgIpc) is 2.27. The molecule has 0 radical (unpaired) electrons. The van der Waals surface area contributed by atoms with Crippen LogP contribution in [-0.2, 0) is 21.7 Å². The summed E-state index contributed by atoms with van der Waals surface area (Å²) in [6, 6.07) is 0. The van der Waals surface area contributed by atoms with Crippen molar-refractivity contribution in [3.05, 3.63) is 27.3 Å². The second kappa shape index (κ2) is 9.90. The molecular weight excluding hydrogens is 306 g/mol. The number of hydrogen-bond acceptors (Lipinski definition) is 0. The molecule has 126 valence electrons. The molecule has 0 heterocycles. The molecular formula is C18H41NSiTi. The first-order valence-corrected chi connectivity index (χ1v) is 10.2. The van der Waals surface area contributed by atoms with Gasteiger partial charge < -0.3 is 27.3 Å². The molecule has 0 saturated heterocycles. The monoisotopic (exact) mass is 347 g/mol. The molecule has 21 heavy (non-hydrogen) atoms. The summed E-state index contributed by atoms with van der Waals surface area (Å²) in [4.78, 5) is 5.23. The van der Waals surface area contributed by atoms with Gasteiger partial charge >= 0.3 is 21.7 Å². The van der Waals surface area contributed by atoms with Gasteiger partial charge in [-0.05, 0) is 23.7 Å². The Hall–Kier alpha value is 0.891. The fourth-order valence-electron chi connectivity index (χ4n) is 4.32. The molecule has 0 spiro atoms. The Bertz CT molecular complexity index is 259. The molecule has 0 bridgehead atoms. The van der Waals surface area contributed by atoms with Crippen LogP contribution >= 0.6 is 0 Å². The van der Waals surface area contributed by atoms with Gasteiger partial charge in [-0.3, -0.25) is 0 Å². The van der Waals surface area contributed by atoms with Crippen molar-refractivity contribution in [3.63, 3.8) is 0 Å². The van der Waals surface area contributed by atoms with Gasteiger partial charge in [-0.1, -0.05) is 75.3 Å². The Morgan fingerprint density at radius 3 is 1.24 bits per heavy atom. The number of nitrogens with zero attached hydrogens (tertiary/aromatic N) is 1. The maximum atomic E-state index is 5.23. The molecule has 0 aromatic heterocycles. The van der Waals surface area contributed by atoms with Crippen molar-refractivity contribution in [1.82, 2.24) is 0 Å². The largest absolute Gasteiger partial charge is 4.00 e. The zero-order chi connectivity index (χ0) is 13.6. The van der Waals surface area contributed by atoms with Crippen molar-refractivity contribution in [2.75, 3.05) is 0 Å². The third kappa shape index (κ3) is 6.89. The van der Waals surface area contributed by atoms with Crippen LogP contribution in [0.25, 0.3) is 4.98 Å². The molecule has 0 N–H and O–H groups in total.